The van der Waals surface area contributed by atoms with Gasteiger partial charge in [-0.05, 0) is 30.0 Å². The highest BCUT2D eigenvalue weighted by Gasteiger charge is 2.19. The van der Waals surface area contributed by atoms with Crippen LogP contribution in [0.3, 0.4) is 0 Å². The summed E-state index contributed by atoms with van der Waals surface area (Å²) in [4.78, 5) is 18.7. The number of hydrogen-bond acceptors (Lipinski definition) is 4. The molecule has 0 saturated carbocycles. The van der Waals surface area contributed by atoms with E-state index in [1.165, 1.54) is 11.1 Å². The van der Waals surface area contributed by atoms with Gasteiger partial charge in [-0.3, -0.25) is 9.78 Å². The molecule has 0 aliphatic carbocycles. The van der Waals surface area contributed by atoms with Crippen LogP contribution in [0.1, 0.15) is 35.3 Å². The van der Waals surface area contributed by atoms with Crippen LogP contribution in [-0.2, 0) is 17.6 Å². The Balaban J connectivity index is 1.84. The molecule has 0 unspecified atom stereocenters. The van der Waals surface area contributed by atoms with E-state index in [0.29, 0.717) is 31.9 Å². The highest BCUT2D eigenvalue weighted by molar-refractivity contribution is 5.95. The minimum atomic E-state index is 0.0129. The van der Waals surface area contributed by atoms with E-state index in [1.807, 2.05) is 11.0 Å². The number of morpholine rings is 1. The van der Waals surface area contributed by atoms with Crippen LogP contribution in [0.25, 0.3) is 0 Å². The van der Waals surface area contributed by atoms with Crippen molar-refractivity contribution in [3.63, 3.8) is 0 Å². The van der Waals surface area contributed by atoms with Gasteiger partial charge >= 0.3 is 0 Å². The van der Waals surface area contributed by atoms with Crippen molar-refractivity contribution in [1.29, 1.82) is 0 Å². The van der Waals surface area contributed by atoms with Crippen molar-refractivity contribution in [2.45, 2.75) is 26.7 Å². The lowest BCUT2D eigenvalue weighted by molar-refractivity contribution is 0.0302. The van der Waals surface area contributed by atoms with Crippen molar-refractivity contribution in [1.82, 2.24) is 9.88 Å². The average molecular weight is 339 g/mol. The number of benzene rings is 1. The first-order valence-electron chi connectivity index (χ1n) is 8.92. The predicted octanol–water partition coefficient (Wildman–Crippen LogP) is 3.42. The number of aryl methyl sites for hydroxylation is 2. The number of carbonyl (C=O) groups is 1. The second kappa shape index (κ2) is 8.12. The number of nitrogens with one attached hydrogen (secondary N) is 1. The number of para-hydroxylation sites is 1. The number of ether oxygens (including phenoxy) is 1. The zero-order valence-corrected chi connectivity index (χ0v) is 14.9. The quantitative estimate of drug-likeness (QED) is 0.907. The zero-order valence-electron chi connectivity index (χ0n) is 14.9. The molecule has 1 aliphatic heterocycles. The molecular weight excluding hydrogens is 314 g/mol. The smallest absolute Gasteiger partial charge is 0.255 e. The molecule has 0 radical (unpaired) electrons. The maximum absolute atomic E-state index is 12.7. The highest BCUT2D eigenvalue weighted by atomic mass is 16.5. The summed E-state index contributed by atoms with van der Waals surface area (Å²) in [7, 11) is 0. The Morgan fingerprint density at radius 1 is 1.16 bits per heavy atom. The number of nitrogens with zero attached hydrogens (tertiary/aromatic N) is 2. The number of carbonyl (C=O) groups excluding carboxylic acids is 1. The summed E-state index contributed by atoms with van der Waals surface area (Å²) in [6.45, 7) is 6.76. The number of hydrogen-bond donors (Lipinski definition) is 1. The van der Waals surface area contributed by atoms with E-state index < -0.39 is 0 Å². The van der Waals surface area contributed by atoms with E-state index in [9.17, 15) is 4.79 Å². The minimum Gasteiger partial charge on any atom is -0.378 e. The molecule has 25 heavy (non-hydrogen) atoms. The normalized spacial score (nSPS) is 14.4. The van der Waals surface area contributed by atoms with Gasteiger partial charge in [-0.1, -0.05) is 32.0 Å². The summed E-state index contributed by atoms with van der Waals surface area (Å²) in [6.07, 6.45) is 5.31. The Kier molecular flexibility index (Phi) is 5.66. The zero-order chi connectivity index (χ0) is 17.6. The van der Waals surface area contributed by atoms with Crippen LogP contribution in [0.5, 0.6) is 0 Å². The van der Waals surface area contributed by atoms with Gasteiger partial charge in [0.25, 0.3) is 5.91 Å². The molecule has 0 spiro atoms. The highest BCUT2D eigenvalue weighted by Crippen LogP contribution is 2.26. The molecule has 1 saturated heterocycles. The van der Waals surface area contributed by atoms with Crippen LogP contribution in [-0.4, -0.2) is 42.1 Å². The maximum atomic E-state index is 12.7. The molecule has 1 N–H and O–H groups in total. The van der Waals surface area contributed by atoms with Crippen molar-refractivity contribution >= 4 is 17.3 Å². The fraction of sp³-hybridized carbons (Fsp3) is 0.400. The van der Waals surface area contributed by atoms with E-state index in [4.69, 9.17) is 4.74 Å². The fourth-order valence-electron chi connectivity index (χ4n) is 3.12. The van der Waals surface area contributed by atoms with Gasteiger partial charge < -0.3 is 15.0 Å². The van der Waals surface area contributed by atoms with Gasteiger partial charge in [0, 0.05) is 25.0 Å². The Bertz CT molecular complexity index is 717. The van der Waals surface area contributed by atoms with Crippen LogP contribution in [0.2, 0.25) is 0 Å². The molecule has 1 fully saturated rings. The lowest BCUT2D eigenvalue weighted by Crippen LogP contribution is -2.40. The second-order valence-electron chi connectivity index (χ2n) is 6.15. The summed E-state index contributed by atoms with van der Waals surface area (Å²) >= 11 is 0. The van der Waals surface area contributed by atoms with Crippen molar-refractivity contribution in [3.05, 3.63) is 53.3 Å². The standard InChI is InChI=1S/C20H25N3O2/c1-3-15-6-5-7-16(4-2)19(15)22-18-12-17(13-21-14-18)20(24)23-8-10-25-11-9-23/h5-7,12-14,22H,3-4,8-11H2,1-2H3. The van der Waals surface area contributed by atoms with Crippen LogP contribution in [0.15, 0.2) is 36.7 Å². The molecule has 3 rings (SSSR count). The number of anilines is 2. The van der Waals surface area contributed by atoms with Crippen molar-refractivity contribution in [2.75, 3.05) is 31.6 Å². The Morgan fingerprint density at radius 3 is 2.48 bits per heavy atom. The third-order valence-corrected chi connectivity index (χ3v) is 4.55. The lowest BCUT2D eigenvalue weighted by atomic mass is 10.0. The SMILES string of the molecule is CCc1cccc(CC)c1Nc1cncc(C(=O)N2CCOCC2)c1. The maximum Gasteiger partial charge on any atom is 0.255 e. The predicted molar refractivity (Wildman–Crippen MR) is 99.4 cm³/mol. The van der Waals surface area contributed by atoms with Gasteiger partial charge in [-0.15, -0.1) is 0 Å². The van der Waals surface area contributed by atoms with Crippen LogP contribution in [0.4, 0.5) is 11.4 Å². The minimum absolute atomic E-state index is 0.0129. The van der Waals surface area contributed by atoms with Crippen LogP contribution >= 0.6 is 0 Å². The Morgan fingerprint density at radius 2 is 1.84 bits per heavy atom. The summed E-state index contributed by atoms with van der Waals surface area (Å²) in [5, 5.41) is 3.48. The molecule has 1 aliphatic rings. The summed E-state index contributed by atoms with van der Waals surface area (Å²) in [5.41, 5.74) is 5.12. The number of pyridine rings is 1. The topological polar surface area (TPSA) is 54.5 Å². The number of rotatable bonds is 5. The average Bonchev–Trinajstić information content (AvgIpc) is 2.68. The van der Waals surface area contributed by atoms with E-state index in [-0.39, 0.29) is 5.91 Å². The van der Waals surface area contributed by atoms with Gasteiger partial charge in [-0.2, -0.15) is 0 Å². The van der Waals surface area contributed by atoms with E-state index >= 15 is 0 Å². The van der Waals surface area contributed by atoms with Gasteiger partial charge in [0.2, 0.25) is 0 Å². The van der Waals surface area contributed by atoms with E-state index in [2.05, 4.69) is 42.3 Å². The molecule has 1 aromatic heterocycles. The molecular formula is C20H25N3O2. The second-order valence-corrected chi connectivity index (χ2v) is 6.15. The molecule has 5 heteroatoms. The number of aromatic nitrogens is 1. The Hall–Kier alpha value is -2.40. The number of amides is 1. The molecule has 0 atom stereocenters. The third-order valence-electron chi connectivity index (χ3n) is 4.55. The van der Waals surface area contributed by atoms with Gasteiger partial charge in [0.1, 0.15) is 0 Å². The summed E-state index contributed by atoms with van der Waals surface area (Å²) < 4.78 is 5.32. The van der Waals surface area contributed by atoms with Gasteiger partial charge in [-0.25, -0.2) is 0 Å². The Labute approximate surface area is 149 Å². The van der Waals surface area contributed by atoms with Gasteiger partial charge in [0.05, 0.1) is 30.7 Å². The molecule has 2 heterocycles. The first kappa shape index (κ1) is 17.4. The van der Waals surface area contributed by atoms with Crippen LogP contribution < -0.4 is 5.32 Å². The molecule has 132 valence electrons. The molecule has 5 nitrogen and oxygen atoms in total. The van der Waals surface area contributed by atoms with Crippen molar-refractivity contribution in [2.24, 2.45) is 0 Å². The van der Waals surface area contributed by atoms with E-state index in [0.717, 1.165) is 24.2 Å². The molecule has 0 bridgehead atoms. The first-order chi connectivity index (χ1) is 12.2. The van der Waals surface area contributed by atoms with Crippen molar-refractivity contribution < 1.29 is 9.53 Å². The van der Waals surface area contributed by atoms with Crippen LogP contribution in [0, 0.1) is 0 Å². The summed E-state index contributed by atoms with van der Waals surface area (Å²) in [6, 6.07) is 8.26. The summed E-state index contributed by atoms with van der Waals surface area (Å²) in [5.74, 6) is 0.0129. The molecule has 1 aromatic carbocycles. The third kappa shape index (κ3) is 3.99. The monoisotopic (exact) mass is 339 g/mol. The van der Waals surface area contributed by atoms with E-state index in [1.54, 1.807) is 12.4 Å². The molecule has 2 aromatic rings. The first-order valence-corrected chi connectivity index (χ1v) is 8.92. The van der Waals surface area contributed by atoms with Gasteiger partial charge in [0.15, 0.2) is 0 Å². The van der Waals surface area contributed by atoms with Crippen molar-refractivity contribution in [3.8, 4) is 0 Å². The fourth-order valence-corrected chi connectivity index (χ4v) is 3.12. The lowest BCUT2D eigenvalue weighted by Gasteiger charge is -2.26. The molecule has 1 amide bonds. The largest absolute Gasteiger partial charge is 0.378 e.